The highest BCUT2D eigenvalue weighted by molar-refractivity contribution is 7.92. The number of alkyl halides is 8. The van der Waals surface area contributed by atoms with Gasteiger partial charge in [0.25, 0.3) is 0 Å². The van der Waals surface area contributed by atoms with Crippen LogP contribution in [0.4, 0.5) is 35.1 Å². The van der Waals surface area contributed by atoms with Crippen LogP contribution in [0.1, 0.15) is 0 Å². The molecule has 0 aromatic carbocycles. The van der Waals surface area contributed by atoms with E-state index in [-0.39, 0.29) is 0 Å². The van der Waals surface area contributed by atoms with Gasteiger partial charge in [-0.15, -0.1) is 0 Å². The van der Waals surface area contributed by atoms with Crippen LogP contribution in [0.15, 0.2) is 0 Å². The van der Waals surface area contributed by atoms with Crippen molar-refractivity contribution in [2.75, 3.05) is 5.75 Å². The van der Waals surface area contributed by atoms with Crippen molar-refractivity contribution in [3.63, 3.8) is 0 Å². The van der Waals surface area contributed by atoms with Crippen LogP contribution in [0, 0.1) is 0 Å². The standard InChI is InChI=1S/C5H2F8O2S/c6-2(7)1-16(14,15)5(12,13)3(2,8)4(9,10)11/h1H2. The molecule has 0 radical (unpaired) electrons. The topological polar surface area (TPSA) is 34.1 Å². The maximum atomic E-state index is 12.9. The van der Waals surface area contributed by atoms with E-state index >= 15 is 0 Å². The molecule has 0 saturated carbocycles. The molecule has 1 fully saturated rings. The molecule has 0 amide bonds. The van der Waals surface area contributed by atoms with Gasteiger partial charge in [0.15, 0.2) is 0 Å². The van der Waals surface area contributed by atoms with E-state index in [9.17, 15) is 43.5 Å². The second-order valence-corrected chi connectivity index (χ2v) is 5.17. The van der Waals surface area contributed by atoms with Crippen LogP contribution in [0.5, 0.6) is 0 Å². The molecule has 0 aromatic heterocycles. The van der Waals surface area contributed by atoms with Crippen molar-refractivity contribution >= 4 is 9.84 Å². The molecule has 1 saturated heterocycles. The Kier molecular flexibility index (Phi) is 2.35. The Morgan fingerprint density at radius 2 is 1.31 bits per heavy atom. The van der Waals surface area contributed by atoms with Gasteiger partial charge >= 0.3 is 23.0 Å². The highest BCUT2D eigenvalue weighted by Crippen LogP contribution is 2.61. The minimum absolute atomic E-state index is 2.89. The number of hydrogen-bond donors (Lipinski definition) is 0. The van der Waals surface area contributed by atoms with Crippen molar-refractivity contribution in [1.82, 2.24) is 0 Å². The first-order valence-electron chi connectivity index (χ1n) is 3.44. The summed E-state index contributed by atoms with van der Waals surface area (Å²) in [5, 5.41) is -6.21. The minimum atomic E-state index is -6.70. The van der Waals surface area contributed by atoms with Crippen LogP contribution >= 0.6 is 0 Å². The molecule has 1 aliphatic heterocycles. The predicted molar refractivity (Wildman–Crippen MR) is 33.6 cm³/mol. The van der Waals surface area contributed by atoms with Gasteiger partial charge in [-0.1, -0.05) is 0 Å². The Morgan fingerprint density at radius 3 is 1.44 bits per heavy atom. The van der Waals surface area contributed by atoms with Crippen molar-refractivity contribution in [2.45, 2.75) is 23.0 Å². The van der Waals surface area contributed by atoms with E-state index in [1.807, 2.05) is 0 Å². The van der Waals surface area contributed by atoms with E-state index in [0.717, 1.165) is 0 Å². The molecule has 96 valence electrons. The fourth-order valence-corrected chi connectivity index (χ4v) is 2.78. The van der Waals surface area contributed by atoms with Gasteiger partial charge in [0.05, 0.1) is 0 Å². The lowest BCUT2D eigenvalue weighted by molar-refractivity contribution is -0.332. The van der Waals surface area contributed by atoms with Gasteiger partial charge in [-0.05, 0) is 0 Å². The highest BCUT2D eigenvalue weighted by Gasteiger charge is 2.92. The fourth-order valence-electron chi connectivity index (χ4n) is 1.23. The van der Waals surface area contributed by atoms with Crippen LogP contribution < -0.4 is 0 Å². The molecular formula is C5H2F8O2S. The molecule has 1 unspecified atom stereocenters. The average Bonchev–Trinajstić information content (AvgIpc) is 2.05. The van der Waals surface area contributed by atoms with E-state index in [2.05, 4.69) is 0 Å². The van der Waals surface area contributed by atoms with Crippen LogP contribution in [0.2, 0.25) is 0 Å². The minimum Gasteiger partial charge on any atom is -0.222 e. The quantitative estimate of drug-likeness (QED) is 0.634. The van der Waals surface area contributed by atoms with Crippen molar-refractivity contribution in [1.29, 1.82) is 0 Å². The Bertz CT molecular complexity index is 409. The number of hydrogen-bond acceptors (Lipinski definition) is 2. The molecular weight excluding hydrogens is 276 g/mol. The summed E-state index contributed by atoms with van der Waals surface area (Å²) < 4.78 is 120. The van der Waals surface area contributed by atoms with Gasteiger partial charge < -0.3 is 0 Å². The molecule has 11 heteroatoms. The van der Waals surface area contributed by atoms with Crippen molar-refractivity contribution in [3.05, 3.63) is 0 Å². The summed E-state index contributed by atoms with van der Waals surface area (Å²) in [6.45, 7) is 0. The van der Waals surface area contributed by atoms with Crippen LogP contribution in [0.25, 0.3) is 0 Å². The molecule has 0 spiro atoms. The molecule has 0 N–H and O–H groups in total. The Balaban J connectivity index is 3.61. The summed E-state index contributed by atoms with van der Waals surface area (Å²) in [6, 6.07) is 0. The molecule has 0 bridgehead atoms. The molecule has 1 heterocycles. The second kappa shape index (κ2) is 2.79. The molecule has 1 aliphatic rings. The SMILES string of the molecule is O=S1(=O)CC(F)(F)C(F)(C(F)(F)F)C1(F)F. The highest BCUT2D eigenvalue weighted by atomic mass is 32.2. The van der Waals surface area contributed by atoms with E-state index in [1.165, 1.54) is 0 Å². The molecule has 0 aromatic rings. The number of halogens is 8. The third kappa shape index (κ3) is 1.20. The van der Waals surface area contributed by atoms with Gasteiger partial charge in [0, 0.05) is 0 Å². The van der Waals surface area contributed by atoms with Gasteiger partial charge in [-0.2, -0.15) is 22.0 Å². The molecule has 1 atom stereocenters. The number of rotatable bonds is 0. The lowest BCUT2D eigenvalue weighted by Gasteiger charge is -2.30. The zero-order valence-corrected chi connectivity index (χ0v) is 7.77. The van der Waals surface area contributed by atoms with Gasteiger partial charge in [0.1, 0.15) is 5.75 Å². The van der Waals surface area contributed by atoms with Crippen LogP contribution in [-0.2, 0) is 9.84 Å². The molecule has 16 heavy (non-hydrogen) atoms. The maximum Gasteiger partial charge on any atom is 0.435 e. The Morgan fingerprint density at radius 1 is 0.938 bits per heavy atom. The Hall–Kier alpha value is -0.610. The third-order valence-corrected chi connectivity index (χ3v) is 3.86. The first-order valence-corrected chi connectivity index (χ1v) is 5.09. The zero-order chi connectivity index (χ0) is 13.2. The van der Waals surface area contributed by atoms with Crippen molar-refractivity contribution < 1.29 is 43.5 Å². The first kappa shape index (κ1) is 13.5. The summed E-state index contributed by atoms with van der Waals surface area (Å²) in [7, 11) is -6.20. The maximum absolute atomic E-state index is 12.9. The summed E-state index contributed by atoms with van der Waals surface area (Å²) in [4.78, 5) is 0. The monoisotopic (exact) mass is 278 g/mol. The van der Waals surface area contributed by atoms with E-state index < -0.39 is 38.6 Å². The van der Waals surface area contributed by atoms with E-state index in [4.69, 9.17) is 0 Å². The van der Waals surface area contributed by atoms with Crippen molar-refractivity contribution in [2.24, 2.45) is 0 Å². The fraction of sp³-hybridized carbons (Fsp3) is 1.00. The Labute approximate surface area is 83.1 Å². The number of sulfone groups is 1. The van der Waals surface area contributed by atoms with Gasteiger partial charge in [0.2, 0.25) is 9.84 Å². The summed E-state index contributed by atoms with van der Waals surface area (Å²) in [5.41, 5.74) is -6.40. The second-order valence-electron chi connectivity index (χ2n) is 3.14. The van der Waals surface area contributed by atoms with Crippen LogP contribution in [0.3, 0.4) is 0 Å². The normalized spacial score (nSPS) is 36.2. The van der Waals surface area contributed by atoms with Crippen molar-refractivity contribution in [3.8, 4) is 0 Å². The first-order chi connectivity index (χ1) is 6.71. The van der Waals surface area contributed by atoms with Gasteiger partial charge in [-0.25, -0.2) is 21.6 Å². The van der Waals surface area contributed by atoms with Crippen LogP contribution in [-0.4, -0.2) is 37.2 Å². The molecule has 0 aliphatic carbocycles. The third-order valence-electron chi connectivity index (χ3n) is 2.06. The van der Waals surface area contributed by atoms with Gasteiger partial charge in [-0.3, -0.25) is 0 Å². The summed E-state index contributed by atoms with van der Waals surface area (Å²) in [6.07, 6.45) is -6.70. The smallest absolute Gasteiger partial charge is 0.222 e. The predicted octanol–water partition coefficient (Wildman–Crippen LogP) is 1.91. The van der Waals surface area contributed by atoms with E-state index in [1.54, 1.807) is 0 Å². The summed E-state index contributed by atoms with van der Waals surface area (Å²) >= 11 is 0. The lowest BCUT2D eigenvalue weighted by Crippen LogP contribution is -2.62. The average molecular weight is 278 g/mol. The lowest BCUT2D eigenvalue weighted by atomic mass is 9.99. The largest absolute Gasteiger partial charge is 0.435 e. The zero-order valence-electron chi connectivity index (χ0n) is 6.96. The molecule has 1 rings (SSSR count). The summed E-state index contributed by atoms with van der Waals surface area (Å²) in [5.74, 6) is -8.61. The molecule has 2 nitrogen and oxygen atoms in total. The van der Waals surface area contributed by atoms with E-state index in [0.29, 0.717) is 0 Å².